The third kappa shape index (κ3) is 3.79. The predicted octanol–water partition coefficient (Wildman–Crippen LogP) is 3.98. The minimum Gasteiger partial charge on any atom is -0.319 e. The second kappa shape index (κ2) is 6.52. The van der Waals surface area contributed by atoms with Gasteiger partial charge in [-0.05, 0) is 37.6 Å². The zero-order valence-electron chi connectivity index (χ0n) is 10.9. The van der Waals surface area contributed by atoms with Crippen LogP contribution < -0.4 is 5.32 Å². The second-order valence-electron chi connectivity index (χ2n) is 5.62. The average Bonchev–Trinajstić information content (AvgIpc) is 2.46. The molecule has 90 valence electrons. The first kappa shape index (κ1) is 13.0. The molecule has 1 N–H and O–H groups in total. The van der Waals surface area contributed by atoms with Crippen molar-refractivity contribution in [1.29, 1.82) is 0 Å². The van der Waals surface area contributed by atoms with Crippen LogP contribution in [-0.2, 0) is 0 Å². The lowest BCUT2D eigenvalue weighted by atomic mass is 9.70. The SMILES string of the molecule is CCCC(C)(CNC)C1CCCCCC1. The highest BCUT2D eigenvalue weighted by Gasteiger charge is 2.32. The minimum absolute atomic E-state index is 0.549. The van der Waals surface area contributed by atoms with Crippen LogP contribution in [0.25, 0.3) is 0 Å². The van der Waals surface area contributed by atoms with Crippen LogP contribution >= 0.6 is 0 Å². The Bertz CT molecular complexity index is 151. The Hall–Kier alpha value is -0.0400. The van der Waals surface area contributed by atoms with Gasteiger partial charge in [0.25, 0.3) is 0 Å². The zero-order valence-corrected chi connectivity index (χ0v) is 10.9. The van der Waals surface area contributed by atoms with Gasteiger partial charge in [-0.1, -0.05) is 46.0 Å². The smallest absolute Gasteiger partial charge is 0.000481 e. The molecule has 1 atom stereocenters. The summed E-state index contributed by atoms with van der Waals surface area (Å²) in [6.07, 6.45) is 11.5. The van der Waals surface area contributed by atoms with Crippen LogP contribution in [0.3, 0.4) is 0 Å². The molecule has 0 heterocycles. The summed E-state index contributed by atoms with van der Waals surface area (Å²) in [5.74, 6) is 0.965. The van der Waals surface area contributed by atoms with E-state index < -0.39 is 0 Å². The van der Waals surface area contributed by atoms with Crippen LogP contribution in [0.15, 0.2) is 0 Å². The third-order valence-corrected chi connectivity index (χ3v) is 4.24. The van der Waals surface area contributed by atoms with E-state index in [0.717, 1.165) is 5.92 Å². The van der Waals surface area contributed by atoms with Crippen LogP contribution in [0.2, 0.25) is 0 Å². The van der Waals surface area contributed by atoms with Crippen LogP contribution in [0.4, 0.5) is 0 Å². The molecular formula is C14H29N. The van der Waals surface area contributed by atoms with Gasteiger partial charge in [0.15, 0.2) is 0 Å². The van der Waals surface area contributed by atoms with Gasteiger partial charge in [0.1, 0.15) is 0 Å². The van der Waals surface area contributed by atoms with Crippen molar-refractivity contribution >= 4 is 0 Å². The first-order valence-corrected chi connectivity index (χ1v) is 6.87. The van der Waals surface area contributed by atoms with Gasteiger partial charge >= 0.3 is 0 Å². The summed E-state index contributed by atoms with van der Waals surface area (Å²) >= 11 is 0. The lowest BCUT2D eigenvalue weighted by Gasteiger charge is -2.37. The molecule has 1 fully saturated rings. The van der Waals surface area contributed by atoms with Crippen molar-refractivity contribution in [3.8, 4) is 0 Å². The summed E-state index contributed by atoms with van der Waals surface area (Å²) in [5, 5.41) is 3.41. The lowest BCUT2D eigenvalue weighted by Crippen LogP contribution is -2.36. The van der Waals surface area contributed by atoms with Crippen LogP contribution in [-0.4, -0.2) is 13.6 Å². The molecule has 0 aromatic carbocycles. The van der Waals surface area contributed by atoms with Gasteiger partial charge in [-0.25, -0.2) is 0 Å². The van der Waals surface area contributed by atoms with E-state index in [1.807, 2.05) is 0 Å². The number of hydrogen-bond acceptors (Lipinski definition) is 1. The molecule has 1 saturated carbocycles. The quantitative estimate of drug-likeness (QED) is 0.678. The number of rotatable bonds is 5. The molecule has 0 aromatic rings. The van der Waals surface area contributed by atoms with E-state index >= 15 is 0 Å². The fraction of sp³-hybridized carbons (Fsp3) is 1.00. The van der Waals surface area contributed by atoms with Crippen molar-refractivity contribution in [2.24, 2.45) is 11.3 Å². The molecule has 1 rings (SSSR count). The van der Waals surface area contributed by atoms with E-state index in [1.165, 1.54) is 57.9 Å². The summed E-state index contributed by atoms with van der Waals surface area (Å²) in [4.78, 5) is 0. The van der Waals surface area contributed by atoms with Gasteiger partial charge in [-0.15, -0.1) is 0 Å². The van der Waals surface area contributed by atoms with Crippen molar-refractivity contribution in [2.75, 3.05) is 13.6 Å². The highest BCUT2D eigenvalue weighted by Crippen LogP contribution is 2.40. The molecule has 1 nitrogen and oxygen atoms in total. The van der Waals surface area contributed by atoms with Crippen LogP contribution in [0.1, 0.15) is 65.2 Å². The van der Waals surface area contributed by atoms with E-state index in [4.69, 9.17) is 0 Å². The van der Waals surface area contributed by atoms with Crippen molar-refractivity contribution in [2.45, 2.75) is 65.2 Å². The van der Waals surface area contributed by atoms with Gasteiger partial charge in [-0.3, -0.25) is 0 Å². The van der Waals surface area contributed by atoms with E-state index in [1.54, 1.807) is 0 Å². The Balaban J connectivity index is 2.58. The molecular weight excluding hydrogens is 182 g/mol. The monoisotopic (exact) mass is 211 g/mol. The molecule has 0 saturated heterocycles. The topological polar surface area (TPSA) is 12.0 Å². The first-order valence-electron chi connectivity index (χ1n) is 6.87. The molecule has 15 heavy (non-hydrogen) atoms. The van der Waals surface area contributed by atoms with E-state index in [0.29, 0.717) is 5.41 Å². The molecule has 1 unspecified atom stereocenters. The lowest BCUT2D eigenvalue weighted by molar-refractivity contribution is 0.147. The van der Waals surface area contributed by atoms with Gasteiger partial charge in [0.2, 0.25) is 0 Å². The molecule has 1 aliphatic carbocycles. The Morgan fingerprint density at radius 3 is 2.20 bits per heavy atom. The molecule has 0 aliphatic heterocycles. The molecule has 0 amide bonds. The van der Waals surface area contributed by atoms with Crippen molar-refractivity contribution in [1.82, 2.24) is 5.32 Å². The van der Waals surface area contributed by atoms with Gasteiger partial charge in [-0.2, -0.15) is 0 Å². The van der Waals surface area contributed by atoms with Gasteiger partial charge in [0.05, 0.1) is 0 Å². The second-order valence-corrected chi connectivity index (χ2v) is 5.62. The molecule has 1 heteroatoms. The maximum atomic E-state index is 3.41. The van der Waals surface area contributed by atoms with Crippen LogP contribution in [0, 0.1) is 11.3 Å². The first-order chi connectivity index (χ1) is 7.23. The molecule has 0 spiro atoms. The number of nitrogens with one attached hydrogen (secondary N) is 1. The van der Waals surface area contributed by atoms with Crippen molar-refractivity contribution in [3.63, 3.8) is 0 Å². The maximum absolute atomic E-state index is 3.41. The summed E-state index contributed by atoms with van der Waals surface area (Å²) < 4.78 is 0. The fourth-order valence-electron chi connectivity index (χ4n) is 3.39. The van der Waals surface area contributed by atoms with Gasteiger partial charge < -0.3 is 5.32 Å². The van der Waals surface area contributed by atoms with Crippen molar-refractivity contribution in [3.05, 3.63) is 0 Å². The third-order valence-electron chi connectivity index (χ3n) is 4.24. The van der Waals surface area contributed by atoms with E-state index in [-0.39, 0.29) is 0 Å². The molecule has 0 bridgehead atoms. The average molecular weight is 211 g/mol. The highest BCUT2D eigenvalue weighted by molar-refractivity contribution is 4.85. The standard InChI is InChI=1S/C14H29N/c1-4-11-14(2,12-15-3)13-9-7-5-6-8-10-13/h13,15H,4-12H2,1-3H3. The zero-order chi connectivity index (χ0) is 11.1. The highest BCUT2D eigenvalue weighted by atomic mass is 14.8. The summed E-state index contributed by atoms with van der Waals surface area (Å²) in [6, 6.07) is 0. The van der Waals surface area contributed by atoms with Gasteiger partial charge in [0, 0.05) is 6.54 Å². The summed E-state index contributed by atoms with van der Waals surface area (Å²) in [7, 11) is 2.10. The predicted molar refractivity (Wildman–Crippen MR) is 68.1 cm³/mol. The Morgan fingerprint density at radius 2 is 1.73 bits per heavy atom. The van der Waals surface area contributed by atoms with E-state index in [9.17, 15) is 0 Å². The summed E-state index contributed by atoms with van der Waals surface area (Å²) in [6.45, 7) is 6.03. The maximum Gasteiger partial charge on any atom is 0.000481 e. The Kier molecular flexibility index (Phi) is 5.66. The van der Waals surface area contributed by atoms with E-state index in [2.05, 4.69) is 26.2 Å². The Morgan fingerprint density at radius 1 is 1.13 bits per heavy atom. The number of hydrogen-bond donors (Lipinski definition) is 1. The molecule has 0 radical (unpaired) electrons. The normalized spacial score (nSPS) is 23.4. The van der Waals surface area contributed by atoms with Crippen LogP contribution in [0.5, 0.6) is 0 Å². The fourth-order valence-corrected chi connectivity index (χ4v) is 3.39. The molecule has 1 aliphatic rings. The minimum atomic E-state index is 0.549. The molecule has 0 aromatic heterocycles. The largest absolute Gasteiger partial charge is 0.319 e. The summed E-state index contributed by atoms with van der Waals surface area (Å²) in [5.41, 5.74) is 0.549. The van der Waals surface area contributed by atoms with Crippen molar-refractivity contribution < 1.29 is 0 Å². The Labute approximate surface area is 96.0 Å².